The van der Waals surface area contributed by atoms with Crippen LogP contribution in [0.3, 0.4) is 0 Å². The Morgan fingerprint density at radius 3 is 2.50 bits per heavy atom. The highest BCUT2D eigenvalue weighted by Gasteiger charge is 2.34. The zero-order valence-electron chi connectivity index (χ0n) is 13.9. The minimum Gasteiger partial charge on any atom is -0.353 e. The molecule has 8 heteroatoms. The van der Waals surface area contributed by atoms with Gasteiger partial charge in [-0.15, -0.1) is 0 Å². The number of halogens is 3. The van der Waals surface area contributed by atoms with Crippen molar-refractivity contribution in [2.24, 2.45) is 0 Å². The first-order valence-electron chi connectivity index (χ1n) is 8.36. The smallest absolute Gasteiger partial charge is 0.353 e. The number of carbonyl (C=O) groups is 1. The molecule has 0 saturated heterocycles. The number of benzene rings is 1. The summed E-state index contributed by atoms with van der Waals surface area (Å²) in [5.74, 6) is -0.212. The van der Waals surface area contributed by atoms with Gasteiger partial charge in [0, 0.05) is 11.6 Å². The molecule has 1 saturated carbocycles. The zero-order valence-corrected chi connectivity index (χ0v) is 14.7. The van der Waals surface area contributed by atoms with E-state index in [1.165, 1.54) is 0 Å². The fraction of sp³-hybridized carbons (Fsp3) is 0.389. The van der Waals surface area contributed by atoms with Crippen molar-refractivity contribution >= 4 is 17.7 Å². The van der Waals surface area contributed by atoms with E-state index in [9.17, 15) is 18.0 Å². The molecule has 0 bridgehead atoms. The van der Waals surface area contributed by atoms with Crippen molar-refractivity contribution in [2.45, 2.75) is 43.1 Å². The molecular formula is C18H18F3N3OS. The quantitative estimate of drug-likeness (QED) is 0.619. The Bertz CT molecular complexity index is 762. The molecule has 1 aromatic heterocycles. The fourth-order valence-corrected chi connectivity index (χ4v) is 3.53. The number of thioether (sulfide) groups is 1. The molecule has 1 heterocycles. The lowest BCUT2D eigenvalue weighted by atomic mass is 10.1. The Morgan fingerprint density at radius 2 is 1.85 bits per heavy atom. The minimum absolute atomic E-state index is 0.00790. The summed E-state index contributed by atoms with van der Waals surface area (Å²) < 4.78 is 39.5. The molecule has 1 aliphatic rings. The van der Waals surface area contributed by atoms with Crippen molar-refractivity contribution in [1.82, 2.24) is 15.3 Å². The van der Waals surface area contributed by atoms with Crippen molar-refractivity contribution in [2.75, 3.05) is 5.75 Å². The number of nitrogens with zero attached hydrogens (tertiary/aromatic N) is 2. The summed E-state index contributed by atoms with van der Waals surface area (Å²) in [6.07, 6.45) is -0.484. The van der Waals surface area contributed by atoms with Crippen LogP contribution in [-0.4, -0.2) is 27.7 Å². The second-order valence-corrected chi connectivity index (χ2v) is 7.06. The van der Waals surface area contributed by atoms with Gasteiger partial charge in [0.05, 0.1) is 11.4 Å². The minimum atomic E-state index is -4.58. The molecule has 4 nitrogen and oxygen atoms in total. The second-order valence-electron chi connectivity index (χ2n) is 6.12. The van der Waals surface area contributed by atoms with Gasteiger partial charge in [-0.1, -0.05) is 54.9 Å². The van der Waals surface area contributed by atoms with Crippen LogP contribution < -0.4 is 5.32 Å². The summed E-state index contributed by atoms with van der Waals surface area (Å²) >= 11 is 0.917. The Labute approximate surface area is 153 Å². The summed E-state index contributed by atoms with van der Waals surface area (Å²) in [4.78, 5) is 19.8. The highest BCUT2D eigenvalue weighted by Crippen LogP contribution is 2.32. The van der Waals surface area contributed by atoms with Crippen molar-refractivity contribution < 1.29 is 18.0 Å². The van der Waals surface area contributed by atoms with Crippen LogP contribution in [0.4, 0.5) is 13.2 Å². The SMILES string of the molecule is O=C(CSc1nc(-c2ccccc2)cc(C(F)(F)F)n1)NC1CCCC1. The number of alkyl halides is 3. The monoisotopic (exact) mass is 381 g/mol. The lowest BCUT2D eigenvalue weighted by Crippen LogP contribution is -2.33. The van der Waals surface area contributed by atoms with Crippen LogP contribution in [0.25, 0.3) is 11.3 Å². The zero-order chi connectivity index (χ0) is 18.6. The van der Waals surface area contributed by atoms with E-state index in [4.69, 9.17) is 0 Å². The van der Waals surface area contributed by atoms with Gasteiger partial charge in [0.1, 0.15) is 5.69 Å². The van der Waals surface area contributed by atoms with E-state index in [1.807, 2.05) is 0 Å². The standard InChI is InChI=1S/C18H18F3N3OS/c19-18(20,21)15-10-14(12-6-2-1-3-7-12)23-17(24-15)26-11-16(25)22-13-8-4-5-9-13/h1-3,6-7,10,13H,4-5,8-9,11H2,(H,22,25). The molecule has 0 atom stereocenters. The van der Waals surface area contributed by atoms with Crippen molar-refractivity contribution in [3.63, 3.8) is 0 Å². The lowest BCUT2D eigenvalue weighted by Gasteiger charge is -2.12. The molecule has 1 fully saturated rings. The number of aromatic nitrogens is 2. The molecule has 0 radical (unpaired) electrons. The van der Waals surface area contributed by atoms with Gasteiger partial charge in [-0.3, -0.25) is 4.79 Å². The van der Waals surface area contributed by atoms with Gasteiger partial charge >= 0.3 is 6.18 Å². The molecule has 1 N–H and O–H groups in total. The van der Waals surface area contributed by atoms with E-state index < -0.39 is 11.9 Å². The first-order chi connectivity index (χ1) is 12.4. The number of rotatable bonds is 5. The van der Waals surface area contributed by atoms with E-state index in [1.54, 1.807) is 30.3 Å². The summed E-state index contributed by atoms with van der Waals surface area (Å²) in [5.41, 5.74) is -0.255. The fourth-order valence-electron chi connectivity index (χ4n) is 2.86. The average Bonchev–Trinajstić information content (AvgIpc) is 3.13. The number of hydrogen-bond acceptors (Lipinski definition) is 4. The van der Waals surface area contributed by atoms with Crippen LogP contribution >= 0.6 is 11.8 Å². The molecule has 1 aromatic carbocycles. The van der Waals surface area contributed by atoms with Gasteiger partial charge in [0.15, 0.2) is 5.16 Å². The summed E-state index contributed by atoms with van der Waals surface area (Å²) in [6, 6.07) is 9.70. The molecule has 0 aliphatic heterocycles. The Kier molecular flexibility index (Phi) is 5.80. The van der Waals surface area contributed by atoms with Crippen LogP contribution in [0.15, 0.2) is 41.6 Å². The molecule has 0 unspecified atom stereocenters. The van der Waals surface area contributed by atoms with Crippen molar-refractivity contribution in [1.29, 1.82) is 0 Å². The van der Waals surface area contributed by atoms with Crippen molar-refractivity contribution in [3.8, 4) is 11.3 Å². The lowest BCUT2D eigenvalue weighted by molar-refractivity contribution is -0.141. The third-order valence-corrected chi connectivity index (χ3v) is 4.97. The van der Waals surface area contributed by atoms with Gasteiger partial charge in [-0.2, -0.15) is 13.2 Å². The first-order valence-corrected chi connectivity index (χ1v) is 9.34. The van der Waals surface area contributed by atoms with Gasteiger partial charge in [-0.25, -0.2) is 9.97 Å². The molecule has 26 heavy (non-hydrogen) atoms. The van der Waals surface area contributed by atoms with Crippen LogP contribution in [0.2, 0.25) is 0 Å². The van der Waals surface area contributed by atoms with Crippen LogP contribution in [0, 0.1) is 0 Å². The molecular weight excluding hydrogens is 363 g/mol. The largest absolute Gasteiger partial charge is 0.433 e. The topological polar surface area (TPSA) is 54.9 Å². The highest BCUT2D eigenvalue weighted by atomic mass is 32.2. The van der Waals surface area contributed by atoms with Gasteiger partial charge < -0.3 is 5.32 Å². The second kappa shape index (κ2) is 8.07. The molecule has 1 aliphatic carbocycles. The summed E-state index contributed by atoms with van der Waals surface area (Å²) in [5, 5.41) is 2.85. The Hall–Kier alpha value is -2.09. The maximum Gasteiger partial charge on any atom is 0.433 e. The normalized spacial score (nSPS) is 15.2. The number of carbonyl (C=O) groups excluding carboxylic acids is 1. The third kappa shape index (κ3) is 4.97. The number of hydrogen-bond donors (Lipinski definition) is 1. The van der Waals surface area contributed by atoms with Gasteiger partial charge in [-0.05, 0) is 18.9 Å². The third-order valence-electron chi connectivity index (χ3n) is 4.12. The van der Waals surface area contributed by atoms with Gasteiger partial charge in [0.2, 0.25) is 5.91 Å². The van der Waals surface area contributed by atoms with E-state index in [2.05, 4.69) is 15.3 Å². The molecule has 138 valence electrons. The first kappa shape index (κ1) is 18.7. The highest BCUT2D eigenvalue weighted by molar-refractivity contribution is 7.99. The van der Waals surface area contributed by atoms with E-state index >= 15 is 0 Å². The molecule has 0 spiro atoms. The van der Waals surface area contributed by atoms with Crippen LogP contribution in [0.1, 0.15) is 31.4 Å². The Morgan fingerprint density at radius 1 is 1.15 bits per heavy atom. The average molecular weight is 381 g/mol. The van der Waals surface area contributed by atoms with E-state index in [0.29, 0.717) is 5.56 Å². The maximum atomic E-state index is 13.2. The Balaban J connectivity index is 1.76. The van der Waals surface area contributed by atoms with Crippen molar-refractivity contribution in [3.05, 3.63) is 42.1 Å². The van der Waals surface area contributed by atoms with E-state index in [-0.39, 0.29) is 28.6 Å². The van der Waals surface area contributed by atoms with E-state index in [0.717, 1.165) is 43.5 Å². The maximum absolute atomic E-state index is 13.2. The summed E-state index contributed by atoms with van der Waals surface area (Å²) in [7, 11) is 0. The number of amides is 1. The van der Waals surface area contributed by atoms with Crippen LogP contribution in [0.5, 0.6) is 0 Å². The summed E-state index contributed by atoms with van der Waals surface area (Å²) in [6.45, 7) is 0. The predicted octanol–water partition coefficient (Wildman–Crippen LogP) is 4.31. The predicted molar refractivity (Wildman–Crippen MR) is 93.6 cm³/mol. The van der Waals surface area contributed by atoms with Crippen LogP contribution in [-0.2, 0) is 11.0 Å². The molecule has 2 aromatic rings. The molecule has 3 rings (SSSR count). The molecule has 1 amide bonds. The van der Waals surface area contributed by atoms with Gasteiger partial charge in [0.25, 0.3) is 0 Å². The number of nitrogens with one attached hydrogen (secondary N) is 1.